The summed E-state index contributed by atoms with van der Waals surface area (Å²) in [7, 11) is -2.61. The Labute approximate surface area is 522 Å². The van der Waals surface area contributed by atoms with Gasteiger partial charge in [-0.25, -0.2) is 29.8 Å². The fourth-order valence-corrected chi connectivity index (χ4v) is 10.3. The maximum absolute atomic E-state index is 10.3. The van der Waals surface area contributed by atoms with Crippen molar-refractivity contribution < 1.29 is 25.6 Å². The lowest BCUT2D eigenvalue weighted by Gasteiger charge is -2.07. The molecular formula is C60H75N8O6S9-. The molecule has 83 heavy (non-hydrogen) atoms. The number of fused-ring (bicyclic) bond motifs is 6. The molecule has 12 rings (SSSR count). The number of hydrogen-bond acceptors (Lipinski definition) is 18. The fraction of sp³-hybridized carbons (Fsp3) is 0.267. The van der Waals surface area contributed by atoms with Crippen LogP contribution in [0.3, 0.4) is 0 Å². The number of nitrogens with one attached hydrogen (secondary N) is 2. The van der Waals surface area contributed by atoms with Crippen molar-refractivity contribution >= 4 is 174 Å². The number of benzene rings is 6. The van der Waals surface area contributed by atoms with Gasteiger partial charge < -0.3 is 9.27 Å². The normalized spacial score (nSPS) is 9.25. The van der Waals surface area contributed by atoms with E-state index in [0.29, 0.717) is 11.4 Å². The minimum Gasteiger partial charge on any atom is -0.755 e. The Morgan fingerprint density at radius 3 is 1.01 bits per heavy atom. The highest BCUT2D eigenvalue weighted by Crippen LogP contribution is 2.25. The number of nitrogens with zero attached hydrogens (tertiary/aromatic N) is 6. The highest BCUT2D eigenvalue weighted by Gasteiger charge is 1.99. The molecule has 0 aliphatic heterocycles. The molecule has 0 amide bonds. The van der Waals surface area contributed by atoms with Crippen LogP contribution >= 0.6 is 68.0 Å². The number of thiazole rings is 5. The summed E-state index contributed by atoms with van der Waals surface area (Å²) in [5.41, 5.74) is 21.0. The van der Waals surface area contributed by atoms with E-state index in [1.807, 2.05) is 141 Å². The van der Waals surface area contributed by atoms with E-state index in [9.17, 15) is 8.76 Å². The predicted molar refractivity (Wildman–Crippen MR) is 366 cm³/mol. The summed E-state index contributed by atoms with van der Waals surface area (Å²) in [6, 6.07) is 38.3. The van der Waals surface area contributed by atoms with Crippen LogP contribution in [-0.2, 0) is 33.3 Å². The first kappa shape index (κ1) is 78.6. The standard InChI is InChI=1S/C8H4N2S.C8H7NO2S2.4C8H7NS.6C2H6.HNO2S.O2S/c1-9-6-2-3-8-7(4-6)10-5-11-8;10-13(11)9-7-1-2-8-6(5-7)3-4-12-8;4*1-6-2-3-8-7(4-6)9-5-10-8;6*1-2;1-4(2)3;1-3-2/h2-5H;1-5,9H,(H,10,11);4*2-5H,1H3;6*1-2H3;1H;/p-1. The van der Waals surface area contributed by atoms with Crippen LogP contribution in [0.4, 0.5) is 11.4 Å². The molecule has 0 aliphatic carbocycles. The topological polar surface area (TPSA) is 213 Å². The summed E-state index contributed by atoms with van der Waals surface area (Å²) < 4.78 is 69.8. The minimum absolute atomic E-state index is 0.597. The van der Waals surface area contributed by atoms with E-state index in [0.717, 1.165) is 42.4 Å². The molecule has 1 atom stereocenters. The number of aryl methyl sites for hydroxylation is 4. The van der Waals surface area contributed by atoms with Gasteiger partial charge in [0.25, 0.3) is 0 Å². The maximum Gasteiger partial charge on any atom is 0.335 e. The summed E-state index contributed by atoms with van der Waals surface area (Å²) in [6.07, 6.45) is 0. The first-order valence-corrected chi connectivity index (χ1v) is 34.3. The molecule has 0 saturated heterocycles. The van der Waals surface area contributed by atoms with Crippen LogP contribution in [0.5, 0.6) is 0 Å². The fourth-order valence-electron chi connectivity index (χ4n) is 5.91. The molecule has 0 fully saturated rings. The molecule has 2 N–H and O–H groups in total. The van der Waals surface area contributed by atoms with E-state index in [1.165, 1.54) is 41.1 Å². The van der Waals surface area contributed by atoms with Crippen molar-refractivity contribution in [3.63, 3.8) is 0 Å². The number of hydrogen-bond donors (Lipinski definition) is 2. The molecule has 1 unspecified atom stereocenters. The number of aromatic nitrogens is 5. The zero-order valence-corrected chi connectivity index (χ0v) is 57.1. The molecule has 14 nitrogen and oxygen atoms in total. The Morgan fingerprint density at radius 1 is 0.446 bits per heavy atom. The SMILES string of the molecule is CC.CC.CC.CC.CC.CC.Cc1ccc2scnc2c1.Cc1ccc2scnc2c1.Cc1ccc2scnc2c1.Cc1ccc2scnc2c1.N=S(=O)=O.O=S([O-])Nc1ccc2sccc2c1.O=S=O.[C-]#[N+]c1ccc2scnc2c1. The van der Waals surface area contributed by atoms with E-state index in [4.69, 9.17) is 28.2 Å². The van der Waals surface area contributed by atoms with Gasteiger partial charge in [0.05, 0.1) is 85.2 Å². The lowest BCUT2D eigenvalue weighted by Crippen LogP contribution is -2.01. The van der Waals surface area contributed by atoms with Gasteiger partial charge in [0.15, 0.2) is 5.69 Å². The molecule has 446 valence electrons. The predicted octanol–water partition coefficient (Wildman–Crippen LogP) is 20.5. The molecular weight excluding hydrogens is 1220 g/mol. The quantitative estimate of drug-likeness (QED) is 0.123. The number of thiophene rings is 1. The monoisotopic (exact) mass is 1290 g/mol. The molecule has 0 spiro atoms. The van der Waals surface area contributed by atoms with Crippen molar-refractivity contribution in [2.24, 2.45) is 0 Å². The largest absolute Gasteiger partial charge is 0.755 e. The second-order valence-electron chi connectivity index (χ2n) is 14.2. The summed E-state index contributed by atoms with van der Waals surface area (Å²) >= 11 is 6.97. The van der Waals surface area contributed by atoms with Crippen LogP contribution in [0, 0.1) is 39.0 Å². The molecule has 0 aliphatic rings. The Hall–Kier alpha value is -6.43. The maximum atomic E-state index is 10.3. The molecule has 6 heterocycles. The Bertz CT molecular complexity index is 3550. The van der Waals surface area contributed by atoms with E-state index in [1.54, 1.807) is 85.7 Å². The molecule has 23 heteroatoms. The summed E-state index contributed by atoms with van der Waals surface area (Å²) in [5.74, 6) is 0. The van der Waals surface area contributed by atoms with E-state index >= 15 is 0 Å². The van der Waals surface area contributed by atoms with Gasteiger partial charge in [-0.1, -0.05) is 119 Å². The van der Waals surface area contributed by atoms with Gasteiger partial charge in [0.1, 0.15) is 0 Å². The van der Waals surface area contributed by atoms with Gasteiger partial charge in [-0.2, -0.15) is 21.6 Å². The molecule has 6 aromatic heterocycles. The third-order valence-electron chi connectivity index (χ3n) is 9.04. The van der Waals surface area contributed by atoms with Gasteiger partial charge in [-0.15, -0.1) is 68.0 Å². The van der Waals surface area contributed by atoms with E-state index < -0.39 is 33.3 Å². The van der Waals surface area contributed by atoms with Crippen LogP contribution in [0.25, 0.3) is 66.0 Å². The zero-order chi connectivity index (χ0) is 63.1. The second kappa shape index (κ2) is 49.0. The van der Waals surface area contributed by atoms with Gasteiger partial charge in [0.2, 0.25) is 0 Å². The zero-order valence-electron chi connectivity index (χ0n) is 49.7. The van der Waals surface area contributed by atoms with Crippen molar-refractivity contribution in [2.75, 3.05) is 4.72 Å². The smallest absolute Gasteiger partial charge is 0.335 e. The molecule has 6 aromatic carbocycles. The number of rotatable bonds is 2. The van der Waals surface area contributed by atoms with Crippen molar-refractivity contribution in [3.05, 3.63) is 182 Å². The van der Waals surface area contributed by atoms with Gasteiger partial charge >= 0.3 is 22.1 Å². The Morgan fingerprint density at radius 2 is 0.723 bits per heavy atom. The average Bonchev–Trinajstić information content (AvgIpc) is 4.43. The highest BCUT2D eigenvalue weighted by atomic mass is 32.2. The van der Waals surface area contributed by atoms with Gasteiger partial charge in [-0.05, 0) is 140 Å². The minimum atomic E-state index is -2.61. The molecule has 12 aromatic rings. The van der Waals surface area contributed by atoms with Gasteiger partial charge in [0, 0.05) is 21.7 Å². The molecule has 0 radical (unpaired) electrons. The van der Waals surface area contributed by atoms with Crippen molar-refractivity contribution in [1.29, 1.82) is 4.78 Å². The van der Waals surface area contributed by atoms with Gasteiger partial charge in [-0.3, -0.25) is 4.21 Å². The highest BCUT2D eigenvalue weighted by molar-refractivity contribution is 7.80. The second-order valence-corrected chi connectivity index (χ2v) is 20.9. The molecule has 0 saturated carbocycles. The third-order valence-corrected chi connectivity index (χ3v) is 14.4. The van der Waals surface area contributed by atoms with Crippen LogP contribution in [0.1, 0.15) is 105 Å². The Kier molecular flexibility index (Phi) is 46.5. The Balaban J connectivity index is 0. The average molecular weight is 1290 g/mol. The number of anilines is 1. The first-order valence-electron chi connectivity index (χ1n) is 26.2. The third kappa shape index (κ3) is 31.7. The van der Waals surface area contributed by atoms with Crippen LogP contribution in [0.15, 0.2) is 148 Å². The van der Waals surface area contributed by atoms with Crippen LogP contribution < -0.4 is 4.72 Å². The summed E-state index contributed by atoms with van der Waals surface area (Å²) in [6.45, 7) is 39.1. The van der Waals surface area contributed by atoms with E-state index in [2.05, 4.69) is 135 Å². The first-order chi connectivity index (χ1) is 40.2. The van der Waals surface area contributed by atoms with E-state index in [-0.39, 0.29) is 0 Å². The molecule has 0 bridgehead atoms. The summed E-state index contributed by atoms with van der Waals surface area (Å²) in [4.78, 5) is 24.2. The van der Waals surface area contributed by atoms with Crippen LogP contribution in [0.2, 0.25) is 0 Å². The van der Waals surface area contributed by atoms with Crippen LogP contribution in [-0.4, -0.2) is 50.5 Å². The van der Waals surface area contributed by atoms with Crippen molar-refractivity contribution in [2.45, 2.75) is 111 Å². The lowest BCUT2D eigenvalue weighted by atomic mass is 10.2. The summed E-state index contributed by atoms with van der Waals surface area (Å²) in [5, 5.41) is 3.03. The lowest BCUT2D eigenvalue weighted by molar-refractivity contribution is 0.542. The van der Waals surface area contributed by atoms with Crippen molar-refractivity contribution in [1.82, 2.24) is 24.9 Å². The van der Waals surface area contributed by atoms with Crippen molar-refractivity contribution in [3.8, 4) is 0 Å².